The minimum Gasteiger partial charge on any atom is -0.311 e. The molecule has 1 atom stereocenters. The predicted octanol–water partition coefficient (Wildman–Crippen LogP) is 3.66. The lowest BCUT2D eigenvalue weighted by Crippen LogP contribution is -2.20. The normalized spacial score (nSPS) is 18.9. The van der Waals surface area contributed by atoms with Gasteiger partial charge in [-0.15, -0.1) is 11.8 Å². The van der Waals surface area contributed by atoms with Crippen molar-refractivity contribution in [3.63, 3.8) is 0 Å². The van der Waals surface area contributed by atoms with Gasteiger partial charge in [-0.1, -0.05) is 39.0 Å². The summed E-state index contributed by atoms with van der Waals surface area (Å²) in [7, 11) is -3.04. The fourth-order valence-corrected chi connectivity index (χ4v) is 5.65. The highest BCUT2D eigenvalue weighted by molar-refractivity contribution is 7.99. The predicted molar refractivity (Wildman–Crippen MR) is 114 cm³/mol. The highest BCUT2D eigenvalue weighted by Crippen LogP contribution is 2.31. The molecule has 0 unspecified atom stereocenters. The number of thioether (sulfide) groups is 1. The van der Waals surface area contributed by atoms with Crippen LogP contribution in [0, 0.1) is 0 Å². The van der Waals surface area contributed by atoms with Gasteiger partial charge in [-0.25, -0.2) is 13.1 Å². The average molecular weight is 422 g/mol. The molecule has 1 aromatic heterocycles. The molecule has 2 heterocycles. The van der Waals surface area contributed by atoms with Gasteiger partial charge in [-0.05, 0) is 18.6 Å². The highest BCUT2D eigenvalue weighted by atomic mass is 32.2. The van der Waals surface area contributed by atoms with Gasteiger partial charge in [0.25, 0.3) is 0 Å². The lowest BCUT2D eigenvalue weighted by Gasteiger charge is -2.15. The van der Waals surface area contributed by atoms with Crippen LogP contribution in [0.25, 0.3) is 0 Å². The SMILES string of the molecule is CC(C)(C)c1cc(NC(=O)CCSc2ccccc2)n([C@@H]2CCS(=O)(=O)C2)n1. The first-order valence-corrected chi connectivity index (χ1v) is 12.2. The minimum atomic E-state index is -3.04. The number of carbonyl (C=O) groups is 1. The summed E-state index contributed by atoms with van der Waals surface area (Å²) in [5, 5.41) is 7.59. The molecule has 0 spiro atoms. The van der Waals surface area contributed by atoms with Gasteiger partial charge in [0, 0.05) is 28.6 Å². The van der Waals surface area contributed by atoms with E-state index in [4.69, 9.17) is 0 Å². The summed E-state index contributed by atoms with van der Waals surface area (Å²) in [5.41, 5.74) is 0.650. The zero-order valence-corrected chi connectivity index (χ0v) is 18.1. The molecule has 1 fully saturated rings. The van der Waals surface area contributed by atoms with Crippen LogP contribution in [0.1, 0.15) is 45.3 Å². The Morgan fingerprint density at radius 1 is 1.29 bits per heavy atom. The summed E-state index contributed by atoms with van der Waals surface area (Å²) in [6.45, 7) is 6.15. The van der Waals surface area contributed by atoms with E-state index >= 15 is 0 Å². The van der Waals surface area contributed by atoms with Crippen molar-refractivity contribution in [3.05, 3.63) is 42.1 Å². The van der Waals surface area contributed by atoms with Crippen molar-refractivity contribution in [2.24, 2.45) is 0 Å². The number of benzene rings is 1. The number of hydrogen-bond donors (Lipinski definition) is 1. The van der Waals surface area contributed by atoms with E-state index in [2.05, 4.69) is 10.4 Å². The molecule has 1 N–H and O–H groups in total. The molecule has 3 rings (SSSR count). The maximum atomic E-state index is 12.5. The molecule has 1 aliphatic rings. The second kappa shape index (κ2) is 8.29. The number of aromatic nitrogens is 2. The summed E-state index contributed by atoms with van der Waals surface area (Å²) >= 11 is 1.64. The van der Waals surface area contributed by atoms with Crippen LogP contribution < -0.4 is 5.32 Å². The molecule has 8 heteroatoms. The van der Waals surface area contributed by atoms with Crippen molar-refractivity contribution in [1.82, 2.24) is 9.78 Å². The van der Waals surface area contributed by atoms with Gasteiger partial charge in [0.2, 0.25) is 5.91 Å². The van der Waals surface area contributed by atoms with E-state index in [1.165, 1.54) is 0 Å². The van der Waals surface area contributed by atoms with Crippen molar-refractivity contribution < 1.29 is 13.2 Å². The fourth-order valence-electron chi connectivity index (χ4n) is 3.08. The Balaban J connectivity index is 1.69. The number of anilines is 1. The first-order chi connectivity index (χ1) is 13.1. The van der Waals surface area contributed by atoms with E-state index in [0.717, 1.165) is 10.6 Å². The topological polar surface area (TPSA) is 81.1 Å². The van der Waals surface area contributed by atoms with E-state index in [1.54, 1.807) is 16.4 Å². The second-order valence-electron chi connectivity index (χ2n) is 8.13. The first kappa shape index (κ1) is 20.9. The quantitative estimate of drug-likeness (QED) is 0.720. The molecule has 6 nitrogen and oxygen atoms in total. The van der Waals surface area contributed by atoms with Gasteiger partial charge in [-0.2, -0.15) is 5.10 Å². The Morgan fingerprint density at radius 2 is 2.00 bits per heavy atom. The van der Waals surface area contributed by atoms with Crippen LogP contribution in [0.5, 0.6) is 0 Å². The van der Waals surface area contributed by atoms with E-state index in [9.17, 15) is 13.2 Å². The van der Waals surface area contributed by atoms with Crippen LogP contribution in [-0.2, 0) is 20.0 Å². The summed E-state index contributed by atoms with van der Waals surface area (Å²) in [5.74, 6) is 1.41. The van der Waals surface area contributed by atoms with Crippen molar-refractivity contribution >= 4 is 33.3 Å². The van der Waals surface area contributed by atoms with Crippen LogP contribution >= 0.6 is 11.8 Å². The number of nitrogens with zero attached hydrogens (tertiary/aromatic N) is 2. The van der Waals surface area contributed by atoms with E-state index in [0.29, 0.717) is 24.4 Å². The van der Waals surface area contributed by atoms with E-state index in [-0.39, 0.29) is 28.9 Å². The van der Waals surface area contributed by atoms with Gasteiger partial charge in [0.1, 0.15) is 5.82 Å². The zero-order chi connectivity index (χ0) is 20.4. The van der Waals surface area contributed by atoms with Crippen molar-refractivity contribution in [2.45, 2.75) is 50.0 Å². The number of hydrogen-bond acceptors (Lipinski definition) is 5. The number of sulfone groups is 1. The van der Waals surface area contributed by atoms with Gasteiger partial charge in [0.15, 0.2) is 9.84 Å². The minimum absolute atomic E-state index is 0.0744. The Morgan fingerprint density at radius 3 is 2.61 bits per heavy atom. The Kier molecular flexibility index (Phi) is 6.19. The van der Waals surface area contributed by atoms with Crippen LogP contribution in [0.4, 0.5) is 5.82 Å². The lowest BCUT2D eigenvalue weighted by atomic mass is 9.92. The molecule has 1 amide bonds. The van der Waals surface area contributed by atoms with Gasteiger partial charge in [-0.3, -0.25) is 4.79 Å². The summed E-state index contributed by atoms with van der Waals surface area (Å²) in [6.07, 6.45) is 0.902. The Labute approximate surface area is 171 Å². The molecular formula is C20H27N3O3S2. The molecule has 1 saturated heterocycles. The van der Waals surface area contributed by atoms with Gasteiger partial charge >= 0.3 is 0 Å². The summed E-state index contributed by atoms with van der Waals surface area (Å²) in [4.78, 5) is 13.6. The van der Waals surface area contributed by atoms with Gasteiger partial charge in [0.05, 0.1) is 23.2 Å². The lowest BCUT2D eigenvalue weighted by molar-refractivity contribution is -0.115. The molecule has 1 aliphatic heterocycles. The van der Waals surface area contributed by atoms with Crippen molar-refractivity contribution in [3.8, 4) is 0 Å². The Hall–Kier alpha value is -1.80. The third kappa shape index (κ3) is 5.38. The third-order valence-corrected chi connectivity index (χ3v) is 7.43. The number of amides is 1. The number of nitrogens with one attached hydrogen (secondary N) is 1. The fraction of sp³-hybridized carbons (Fsp3) is 0.500. The monoisotopic (exact) mass is 421 g/mol. The third-order valence-electron chi connectivity index (χ3n) is 4.67. The maximum absolute atomic E-state index is 12.5. The highest BCUT2D eigenvalue weighted by Gasteiger charge is 2.32. The smallest absolute Gasteiger partial charge is 0.226 e. The van der Waals surface area contributed by atoms with Crippen LogP contribution in [-0.4, -0.2) is 41.4 Å². The molecular weight excluding hydrogens is 394 g/mol. The van der Waals surface area contributed by atoms with Crippen LogP contribution in [0.3, 0.4) is 0 Å². The van der Waals surface area contributed by atoms with Crippen LogP contribution in [0.15, 0.2) is 41.3 Å². The molecule has 1 aromatic carbocycles. The van der Waals surface area contributed by atoms with Crippen LogP contribution in [0.2, 0.25) is 0 Å². The molecule has 28 heavy (non-hydrogen) atoms. The van der Waals surface area contributed by atoms with Crippen molar-refractivity contribution in [2.75, 3.05) is 22.6 Å². The molecule has 0 saturated carbocycles. The van der Waals surface area contributed by atoms with E-state index < -0.39 is 9.84 Å². The molecule has 0 radical (unpaired) electrons. The summed E-state index contributed by atoms with van der Waals surface area (Å²) in [6, 6.07) is 11.6. The van der Waals surface area contributed by atoms with Crippen molar-refractivity contribution in [1.29, 1.82) is 0 Å². The molecule has 0 aliphatic carbocycles. The molecule has 152 valence electrons. The number of carbonyl (C=O) groups excluding carboxylic acids is 1. The molecule has 0 bridgehead atoms. The second-order valence-corrected chi connectivity index (χ2v) is 11.5. The first-order valence-electron chi connectivity index (χ1n) is 9.42. The average Bonchev–Trinajstić information content (AvgIpc) is 3.18. The Bertz CT molecular complexity index is 931. The largest absolute Gasteiger partial charge is 0.311 e. The zero-order valence-electron chi connectivity index (χ0n) is 16.5. The van der Waals surface area contributed by atoms with E-state index in [1.807, 2.05) is 57.2 Å². The van der Waals surface area contributed by atoms with Gasteiger partial charge < -0.3 is 5.32 Å². The number of rotatable bonds is 6. The maximum Gasteiger partial charge on any atom is 0.226 e. The standard InChI is InChI=1S/C20H27N3O3S2/c1-20(2,3)17-13-18(23(22-17)15-10-12-28(25,26)14-15)21-19(24)9-11-27-16-7-5-4-6-8-16/h4-8,13,15H,9-12,14H2,1-3H3,(H,21,24)/t15-/m1/s1. The molecule has 2 aromatic rings. The summed E-state index contributed by atoms with van der Waals surface area (Å²) < 4.78 is 25.5.